The summed E-state index contributed by atoms with van der Waals surface area (Å²) in [6.45, 7) is 0. The van der Waals surface area contributed by atoms with Crippen molar-refractivity contribution in [2.45, 2.75) is 36.6 Å². The lowest BCUT2D eigenvalue weighted by Gasteiger charge is -2.16. The van der Waals surface area contributed by atoms with Gasteiger partial charge in [0.2, 0.25) is 10.0 Å². The summed E-state index contributed by atoms with van der Waals surface area (Å²) in [7, 11) is -2.49. The second-order valence-electron chi connectivity index (χ2n) is 6.55. The smallest absolute Gasteiger partial charge is 0.255 e. The first-order valence-corrected chi connectivity index (χ1v) is 10.6. The average molecular weight is 427 g/mol. The second-order valence-corrected chi connectivity index (χ2v) is 8.64. The van der Waals surface area contributed by atoms with Crippen LogP contribution in [0.15, 0.2) is 41.3 Å². The minimum Gasteiger partial charge on any atom is -0.495 e. The van der Waals surface area contributed by atoms with Gasteiger partial charge in [0, 0.05) is 17.3 Å². The SMILES string of the molecule is COc1ccc(C(=O)Nc2ccc(F)c(Cl)c2)cc1S(=O)(=O)NC1CCCC1. The molecule has 0 unspecified atom stereocenters. The van der Waals surface area contributed by atoms with Crippen molar-refractivity contribution in [3.05, 3.63) is 52.8 Å². The first-order chi connectivity index (χ1) is 13.3. The quantitative estimate of drug-likeness (QED) is 0.732. The number of sulfonamides is 1. The van der Waals surface area contributed by atoms with E-state index >= 15 is 0 Å². The van der Waals surface area contributed by atoms with Crippen molar-refractivity contribution in [2.75, 3.05) is 12.4 Å². The molecule has 0 aromatic heterocycles. The van der Waals surface area contributed by atoms with E-state index in [0.29, 0.717) is 5.69 Å². The zero-order valence-corrected chi connectivity index (χ0v) is 16.7. The molecule has 28 heavy (non-hydrogen) atoms. The van der Waals surface area contributed by atoms with Gasteiger partial charge in [-0.2, -0.15) is 0 Å². The lowest BCUT2D eigenvalue weighted by molar-refractivity contribution is 0.102. The number of ether oxygens (including phenoxy) is 1. The van der Waals surface area contributed by atoms with Crippen molar-refractivity contribution in [1.82, 2.24) is 4.72 Å². The van der Waals surface area contributed by atoms with Crippen LogP contribution in [-0.4, -0.2) is 27.5 Å². The molecule has 9 heteroatoms. The summed E-state index contributed by atoms with van der Waals surface area (Å²) in [4.78, 5) is 12.4. The van der Waals surface area contributed by atoms with E-state index in [1.54, 1.807) is 0 Å². The van der Waals surface area contributed by atoms with Gasteiger partial charge < -0.3 is 10.1 Å². The highest BCUT2D eigenvalue weighted by atomic mass is 35.5. The van der Waals surface area contributed by atoms with Crippen LogP contribution in [-0.2, 0) is 10.0 Å². The summed E-state index contributed by atoms with van der Waals surface area (Å²) < 4.78 is 46.7. The van der Waals surface area contributed by atoms with Crippen LogP contribution in [0.4, 0.5) is 10.1 Å². The van der Waals surface area contributed by atoms with Gasteiger partial charge in [-0.25, -0.2) is 17.5 Å². The van der Waals surface area contributed by atoms with Gasteiger partial charge in [-0.15, -0.1) is 0 Å². The molecule has 1 aliphatic rings. The number of nitrogens with one attached hydrogen (secondary N) is 2. The van der Waals surface area contributed by atoms with Crippen LogP contribution in [0.3, 0.4) is 0 Å². The Morgan fingerprint density at radius 3 is 2.54 bits per heavy atom. The van der Waals surface area contributed by atoms with E-state index in [4.69, 9.17) is 16.3 Å². The number of methoxy groups -OCH3 is 1. The van der Waals surface area contributed by atoms with E-state index < -0.39 is 21.7 Å². The normalized spacial score (nSPS) is 14.8. The summed E-state index contributed by atoms with van der Waals surface area (Å²) in [5.41, 5.74) is 0.411. The van der Waals surface area contributed by atoms with Crippen LogP contribution >= 0.6 is 11.6 Å². The Kier molecular flexibility index (Phi) is 6.22. The van der Waals surface area contributed by atoms with Crippen molar-refractivity contribution in [3.8, 4) is 5.75 Å². The van der Waals surface area contributed by atoms with Gasteiger partial charge >= 0.3 is 0 Å². The monoisotopic (exact) mass is 426 g/mol. The van der Waals surface area contributed by atoms with E-state index in [0.717, 1.165) is 31.7 Å². The fraction of sp³-hybridized carbons (Fsp3) is 0.316. The van der Waals surface area contributed by atoms with Gasteiger partial charge in [0.15, 0.2) is 0 Å². The Balaban J connectivity index is 1.86. The number of carbonyl (C=O) groups is 1. The average Bonchev–Trinajstić information content (AvgIpc) is 3.16. The predicted molar refractivity (Wildman–Crippen MR) is 105 cm³/mol. The van der Waals surface area contributed by atoms with Crippen LogP contribution in [0.5, 0.6) is 5.75 Å². The molecule has 6 nitrogen and oxygen atoms in total. The van der Waals surface area contributed by atoms with Gasteiger partial charge in [0.1, 0.15) is 16.5 Å². The highest BCUT2D eigenvalue weighted by Crippen LogP contribution is 2.28. The van der Waals surface area contributed by atoms with E-state index in [9.17, 15) is 17.6 Å². The fourth-order valence-electron chi connectivity index (χ4n) is 3.13. The summed E-state index contributed by atoms with van der Waals surface area (Å²) >= 11 is 5.72. The van der Waals surface area contributed by atoms with Crippen molar-refractivity contribution >= 4 is 33.2 Å². The molecular formula is C19H20ClFN2O4S. The maximum atomic E-state index is 13.3. The lowest BCUT2D eigenvalue weighted by Crippen LogP contribution is -2.33. The van der Waals surface area contributed by atoms with Gasteiger partial charge in [0.25, 0.3) is 5.91 Å². The van der Waals surface area contributed by atoms with Crippen LogP contribution in [0.1, 0.15) is 36.0 Å². The maximum absolute atomic E-state index is 13.3. The molecule has 0 aliphatic heterocycles. The molecule has 2 aromatic rings. The molecule has 150 valence electrons. The molecule has 2 N–H and O–H groups in total. The van der Waals surface area contributed by atoms with Crippen molar-refractivity contribution in [3.63, 3.8) is 0 Å². The van der Waals surface area contributed by atoms with Gasteiger partial charge in [-0.05, 0) is 49.2 Å². The topological polar surface area (TPSA) is 84.5 Å². The van der Waals surface area contributed by atoms with Crippen LogP contribution in [0.2, 0.25) is 5.02 Å². The molecule has 3 rings (SSSR count). The van der Waals surface area contributed by atoms with E-state index in [-0.39, 0.29) is 27.3 Å². The lowest BCUT2D eigenvalue weighted by atomic mass is 10.2. The largest absolute Gasteiger partial charge is 0.495 e. The van der Waals surface area contributed by atoms with Gasteiger partial charge in [-0.1, -0.05) is 24.4 Å². The number of carbonyl (C=O) groups excluding carboxylic acids is 1. The Morgan fingerprint density at radius 1 is 1.18 bits per heavy atom. The Labute approximate surface area is 168 Å². The highest BCUT2D eigenvalue weighted by Gasteiger charge is 2.26. The standard InChI is InChI=1S/C19H20ClFN2O4S/c1-27-17-9-6-12(19(24)22-14-7-8-16(21)15(20)11-14)10-18(17)28(25,26)23-13-4-2-3-5-13/h6-11,13,23H,2-5H2,1H3,(H,22,24). The third kappa shape index (κ3) is 4.63. The van der Waals surface area contributed by atoms with E-state index in [1.807, 2.05) is 0 Å². The number of halogens is 2. The first kappa shape index (κ1) is 20.6. The minimum absolute atomic E-state index is 0.105. The van der Waals surface area contributed by atoms with Gasteiger partial charge in [-0.3, -0.25) is 4.79 Å². The third-order valence-corrected chi connectivity index (χ3v) is 6.40. The zero-order valence-electron chi connectivity index (χ0n) is 15.2. The molecule has 0 heterocycles. The number of anilines is 1. The molecule has 0 spiro atoms. The van der Waals surface area contributed by atoms with Crippen molar-refractivity contribution in [1.29, 1.82) is 0 Å². The van der Waals surface area contributed by atoms with Crippen LogP contribution in [0.25, 0.3) is 0 Å². The number of hydrogen-bond donors (Lipinski definition) is 2. The van der Waals surface area contributed by atoms with E-state index in [1.165, 1.54) is 37.4 Å². The molecule has 1 fully saturated rings. The molecular weight excluding hydrogens is 407 g/mol. The highest BCUT2D eigenvalue weighted by molar-refractivity contribution is 7.89. The van der Waals surface area contributed by atoms with Crippen LogP contribution in [0, 0.1) is 5.82 Å². The summed E-state index contributed by atoms with van der Waals surface area (Å²) in [6, 6.07) is 7.79. The molecule has 0 radical (unpaired) electrons. The fourth-order valence-corrected chi connectivity index (χ4v) is 4.81. The molecule has 1 aliphatic carbocycles. The zero-order chi connectivity index (χ0) is 20.3. The Morgan fingerprint density at radius 2 is 1.89 bits per heavy atom. The van der Waals surface area contributed by atoms with E-state index in [2.05, 4.69) is 10.0 Å². The molecule has 2 aromatic carbocycles. The summed E-state index contributed by atoms with van der Waals surface area (Å²) in [5.74, 6) is -1.01. The predicted octanol–water partition coefficient (Wildman–Crippen LogP) is 3.96. The van der Waals surface area contributed by atoms with Crippen LogP contribution < -0.4 is 14.8 Å². The summed E-state index contributed by atoms with van der Waals surface area (Å²) in [5, 5.41) is 2.44. The molecule has 0 bridgehead atoms. The Hall–Kier alpha value is -2.16. The number of rotatable bonds is 6. The summed E-state index contributed by atoms with van der Waals surface area (Å²) in [6.07, 6.45) is 3.53. The molecule has 1 amide bonds. The molecule has 1 saturated carbocycles. The molecule has 0 saturated heterocycles. The third-order valence-electron chi connectivity index (χ3n) is 4.57. The van der Waals surface area contributed by atoms with Crippen molar-refractivity contribution in [2.24, 2.45) is 0 Å². The second kappa shape index (κ2) is 8.46. The number of benzene rings is 2. The first-order valence-electron chi connectivity index (χ1n) is 8.77. The van der Waals surface area contributed by atoms with Gasteiger partial charge in [0.05, 0.1) is 12.1 Å². The maximum Gasteiger partial charge on any atom is 0.255 e. The number of amides is 1. The Bertz CT molecular complexity index is 991. The number of hydrogen-bond acceptors (Lipinski definition) is 4. The molecule has 0 atom stereocenters. The minimum atomic E-state index is -3.85. The van der Waals surface area contributed by atoms with Crippen molar-refractivity contribution < 1.29 is 22.3 Å².